The molecule has 0 aromatic carbocycles. The van der Waals surface area contributed by atoms with Gasteiger partial charge in [0.15, 0.2) is 0 Å². The van der Waals surface area contributed by atoms with Gasteiger partial charge in [-0.2, -0.15) is 0 Å². The number of rotatable bonds is 6. The van der Waals surface area contributed by atoms with E-state index in [1.807, 2.05) is 6.92 Å². The van der Waals surface area contributed by atoms with Gasteiger partial charge in [0.05, 0.1) is 12.7 Å². The number of unbranched alkanes of at least 4 members (excludes halogenated alkanes) is 1. The van der Waals surface area contributed by atoms with E-state index in [0.717, 1.165) is 12.8 Å². The van der Waals surface area contributed by atoms with Crippen LogP contribution in [-0.2, 0) is 19.1 Å². The highest BCUT2D eigenvalue weighted by Gasteiger charge is 2.15. The first-order valence-corrected chi connectivity index (χ1v) is 5.59. The molecule has 0 heterocycles. The van der Waals surface area contributed by atoms with E-state index in [2.05, 4.69) is 11.3 Å². The molecule has 4 heteroatoms. The van der Waals surface area contributed by atoms with E-state index in [9.17, 15) is 9.59 Å². The number of carbonyl (C=O) groups excluding carboxylic acids is 2. The van der Waals surface area contributed by atoms with E-state index in [1.165, 1.54) is 7.11 Å². The molecule has 0 bridgehead atoms. The molecule has 0 radical (unpaired) electrons. The Hall–Kier alpha value is -1.58. The molecule has 0 aliphatic heterocycles. The molecular weight excluding hydrogens is 220 g/mol. The van der Waals surface area contributed by atoms with E-state index in [1.54, 1.807) is 13.8 Å². The summed E-state index contributed by atoms with van der Waals surface area (Å²) in [5.74, 6) is -0.628. The lowest BCUT2D eigenvalue weighted by molar-refractivity contribution is -0.137. The van der Waals surface area contributed by atoms with Gasteiger partial charge in [-0.25, -0.2) is 9.59 Å². The molecule has 0 aromatic heterocycles. The Balaban J connectivity index is 4.92. The Morgan fingerprint density at radius 2 is 1.76 bits per heavy atom. The van der Waals surface area contributed by atoms with Crippen LogP contribution < -0.4 is 0 Å². The summed E-state index contributed by atoms with van der Waals surface area (Å²) in [6.07, 6.45) is 2.33. The molecule has 0 saturated carbocycles. The molecule has 0 amide bonds. The van der Waals surface area contributed by atoms with Gasteiger partial charge >= 0.3 is 11.9 Å². The van der Waals surface area contributed by atoms with Crippen molar-refractivity contribution in [3.05, 3.63) is 23.5 Å². The van der Waals surface area contributed by atoms with E-state index in [4.69, 9.17) is 4.74 Å². The Morgan fingerprint density at radius 1 is 1.18 bits per heavy atom. The molecule has 0 spiro atoms. The minimum absolute atomic E-state index is 0.302. The predicted molar refractivity (Wildman–Crippen MR) is 65.1 cm³/mol. The molecule has 0 aromatic rings. The quantitative estimate of drug-likeness (QED) is 0.407. The molecule has 96 valence electrons. The summed E-state index contributed by atoms with van der Waals surface area (Å²) in [5.41, 5.74) is 0.632. The highest BCUT2D eigenvalue weighted by Crippen LogP contribution is 2.16. The molecular formula is C13H20O4. The minimum atomic E-state index is -0.514. The van der Waals surface area contributed by atoms with Crippen molar-refractivity contribution in [2.24, 2.45) is 0 Å². The summed E-state index contributed by atoms with van der Waals surface area (Å²) in [4.78, 5) is 22.8. The molecule has 0 aliphatic rings. The molecule has 0 rings (SSSR count). The number of methoxy groups -OCH3 is 1. The molecule has 0 fully saturated rings. The fourth-order valence-corrected chi connectivity index (χ4v) is 1.12. The van der Waals surface area contributed by atoms with Gasteiger partial charge in [-0.05, 0) is 20.3 Å². The number of esters is 2. The third kappa shape index (κ3) is 5.33. The zero-order valence-electron chi connectivity index (χ0n) is 11.0. The van der Waals surface area contributed by atoms with Gasteiger partial charge in [0.1, 0.15) is 5.76 Å². The molecule has 0 N–H and O–H groups in total. The summed E-state index contributed by atoms with van der Waals surface area (Å²) in [6, 6.07) is 0. The average Bonchev–Trinajstić information content (AvgIpc) is 2.31. The van der Waals surface area contributed by atoms with Crippen molar-refractivity contribution >= 4 is 11.9 Å². The van der Waals surface area contributed by atoms with Crippen LogP contribution in [0.2, 0.25) is 0 Å². The first-order chi connectivity index (χ1) is 7.93. The van der Waals surface area contributed by atoms with Crippen LogP contribution in [0.4, 0.5) is 0 Å². The fourth-order valence-electron chi connectivity index (χ4n) is 1.12. The van der Waals surface area contributed by atoms with Crippen LogP contribution in [0.15, 0.2) is 23.5 Å². The van der Waals surface area contributed by atoms with Crippen molar-refractivity contribution in [3.63, 3.8) is 0 Å². The second-order valence-electron chi connectivity index (χ2n) is 3.81. The van der Waals surface area contributed by atoms with E-state index in [-0.39, 0.29) is 0 Å². The molecule has 4 nitrogen and oxygen atoms in total. The molecule has 0 unspecified atom stereocenters. The molecule has 0 atom stereocenters. The zero-order chi connectivity index (χ0) is 13.4. The number of hydrogen-bond donors (Lipinski definition) is 0. The average molecular weight is 240 g/mol. The SMILES string of the molecule is C=C(C)C(=O)O/C(CCCC)=C(/C)C(=O)OC. The summed E-state index contributed by atoms with van der Waals surface area (Å²) < 4.78 is 9.74. The van der Waals surface area contributed by atoms with Crippen LogP contribution in [0.5, 0.6) is 0 Å². The van der Waals surface area contributed by atoms with Crippen molar-refractivity contribution in [1.82, 2.24) is 0 Å². The van der Waals surface area contributed by atoms with Crippen molar-refractivity contribution < 1.29 is 19.1 Å². The number of carbonyl (C=O) groups is 2. The zero-order valence-corrected chi connectivity index (χ0v) is 11.0. The Morgan fingerprint density at radius 3 is 2.18 bits per heavy atom. The monoisotopic (exact) mass is 240 g/mol. The number of ether oxygens (including phenoxy) is 2. The van der Waals surface area contributed by atoms with Crippen molar-refractivity contribution in [2.45, 2.75) is 40.0 Å². The summed E-state index contributed by atoms with van der Waals surface area (Å²) >= 11 is 0. The van der Waals surface area contributed by atoms with E-state index < -0.39 is 11.9 Å². The highest BCUT2D eigenvalue weighted by atomic mass is 16.5. The van der Waals surface area contributed by atoms with Gasteiger partial charge in [0.25, 0.3) is 0 Å². The Labute approximate surface area is 102 Å². The first kappa shape index (κ1) is 15.4. The minimum Gasteiger partial charge on any atom is -0.466 e. The summed E-state index contributed by atoms with van der Waals surface area (Å²) in [7, 11) is 1.30. The smallest absolute Gasteiger partial charge is 0.338 e. The first-order valence-electron chi connectivity index (χ1n) is 5.59. The van der Waals surface area contributed by atoms with Gasteiger partial charge in [0.2, 0.25) is 0 Å². The van der Waals surface area contributed by atoms with Gasteiger partial charge in [0, 0.05) is 12.0 Å². The maximum absolute atomic E-state index is 11.4. The van der Waals surface area contributed by atoms with E-state index in [0.29, 0.717) is 23.3 Å². The van der Waals surface area contributed by atoms with E-state index >= 15 is 0 Å². The van der Waals surface area contributed by atoms with Gasteiger partial charge < -0.3 is 9.47 Å². The van der Waals surface area contributed by atoms with Crippen LogP contribution >= 0.6 is 0 Å². The molecule has 17 heavy (non-hydrogen) atoms. The highest BCUT2D eigenvalue weighted by molar-refractivity contribution is 5.91. The lowest BCUT2D eigenvalue weighted by atomic mass is 10.1. The second-order valence-corrected chi connectivity index (χ2v) is 3.81. The third-order valence-electron chi connectivity index (χ3n) is 2.23. The maximum atomic E-state index is 11.4. The van der Waals surface area contributed by atoms with Crippen LogP contribution in [0.25, 0.3) is 0 Å². The van der Waals surface area contributed by atoms with Crippen molar-refractivity contribution in [3.8, 4) is 0 Å². The Bertz CT molecular complexity index is 339. The number of hydrogen-bond acceptors (Lipinski definition) is 4. The number of allylic oxidation sites excluding steroid dienone is 1. The molecule has 0 aliphatic carbocycles. The predicted octanol–water partition coefficient (Wildman–Crippen LogP) is 2.74. The summed E-state index contributed by atoms with van der Waals surface area (Å²) in [5, 5.41) is 0. The van der Waals surface area contributed by atoms with Crippen molar-refractivity contribution in [2.75, 3.05) is 7.11 Å². The lowest BCUT2D eigenvalue weighted by Crippen LogP contribution is -2.11. The van der Waals surface area contributed by atoms with Crippen LogP contribution in [0, 0.1) is 0 Å². The van der Waals surface area contributed by atoms with Crippen molar-refractivity contribution in [1.29, 1.82) is 0 Å². The van der Waals surface area contributed by atoms with Gasteiger partial charge in [-0.1, -0.05) is 19.9 Å². The maximum Gasteiger partial charge on any atom is 0.338 e. The summed E-state index contributed by atoms with van der Waals surface area (Å²) in [6.45, 7) is 8.67. The van der Waals surface area contributed by atoms with Crippen LogP contribution in [-0.4, -0.2) is 19.0 Å². The third-order valence-corrected chi connectivity index (χ3v) is 2.23. The van der Waals surface area contributed by atoms with Crippen LogP contribution in [0.3, 0.4) is 0 Å². The van der Waals surface area contributed by atoms with Gasteiger partial charge in [-0.15, -0.1) is 0 Å². The topological polar surface area (TPSA) is 52.6 Å². The standard InChI is InChI=1S/C13H20O4/c1-6-7-8-11(10(4)13(15)16-5)17-12(14)9(2)3/h2,6-8H2,1,3-5H3/b11-10-. The Kier molecular flexibility index (Phi) is 6.94. The normalized spacial score (nSPS) is 11.5. The van der Waals surface area contributed by atoms with Gasteiger partial charge in [-0.3, -0.25) is 0 Å². The molecule has 0 saturated heterocycles. The lowest BCUT2D eigenvalue weighted by Gasteiger charge is -2.11. The van der Waals surface area contributed by atoms with Crippen LogP contribution in [0.1, 0.15) is 40.0 Å². The fraction of sp³-hybridized carbons (Fsp3) is 0.538. The second kappa shape index (κ2) is 7.65. The largest absolute Gasteiger partial charge is 0.466 e.